The number of halogens is 2. The van der Waals surface area contributed by atoms with E-state index in [2.05, 4.69) is 15.3 Å². The highest BCUT2D eigenvalue weighted by molar-refractivity contribution is 8.03. The first kappa shape index (κ1) is 15.1. The standard InChI is InChI=1S/C18H13F2N3S/c19-12-7-11(8-13(20)9-12)14-4-6-22-18-17(14)15(10-23-18)24-16-3-1-2-5-21-16/h1-10,14,17H,(H,22,23). The topological polar surface area (TPSA) is 37.3 Å². The fourth-order valence-electron chi connectivity index (χ4n) is 2.94. The molecule has 6 heteroatoms. The molecule has 0 radical (unpaired) electrons. The van der Waals surface area contributed by atoms with Crippen molar-refractivity contribution in [2.24, 2.45) is 10.9 Å². The molecule has 0 saturated carbocycles. The summed E-state index contributed by atoms with van der Waals surface area (Å²) < 4.78 is 27.3. The van der Waals surface area contributed by atoms with Gasteiger partial charge in [0.25, 0.3) is 0 Å². The number of amidine groups is 1. The molecule has 2 aliphatic rings. The van der Waals surface area contributed by atoms with Gasteiger partial charge in [-0.2, -0.15) is 0 Å². The summed E-state index contributed by atoms with van der Waals surface area (Å²) in [6.07, 6.45) is 7.21. The highest BCUT2D eigenvalue weighted by Crippen LogP contribution is 2.43. The third-order valence-corrected chi connectivity index (χ3v) is 5.00. The third kappa shape index (κ3) is 2.85. The van der Waals surface area contributed by atoms with Gasteiger partial charge in [0.1, 0.15) is 22.5 Å². The summed E-state index contributed by atoms with van der Waals surface area (Å²) in [6, 6.07) is 9.35. The van der Waals surface area contributed by atoms with E-state index in [4.69, 9.17) is 0 Å². The number of benzene rings is 1. The third-order valence-electron chi connectivity index (χ3n) is 3.96. The summed E-state index contributed by atoms with van der Waals surface area (Å²) in [4.78, 5) is 9.73. The smallest absolute Gasteiger partial charge is 0.126 e. The van der Waals surface area contributed by atoms with Gasteiger partial charge in [-0.1, -0.05) is 23.9 Å². The molecular weight excluding hydrogens is 328 g/mol. The van der Waals surface area contributed by atoms with E-state index in [0.717, 1.165) is 21.8 Å². The van der Waals surface area contributed by atoms with Crippen molar-refractivity contribution in [2.45, 2.75) is 10.9 Å². The number of hydrogen-bond acceptors (Lipinski definition) is 4. The number of nitrogens with one attached hydrogen (secondary N) is 1. The lowest BCUT2D eigenvalue weighted by Crippen LogP contribution is -2.33. The first-order valence-electron chi connectivity index (χ1n) is 7.46. The van der Waals surface area contributed by atoms with Gasteiger partial charge >= 0.3 is 0 Å². The minimum atomic E-state index is -0.573. The molecule has 1 aromatic heterocycles. The Morgan fingerprint density at radius 2 is 1.92 bits per heavy atom. The van der Waals surface area contributed by atoms with E-state index in [1.807, 2.05) is 24.3 Å². The lowest BCUT2D eigenvalue weighted by Gasteiger charge is -2.28. The van der Waals surface area contributed by atoms with Crippen LogP contribution in [0.3, 0.4) is 0 Å². The van der Waals surface area contributed by atoms with Crippen molar-refractivity contribution < 1.29 is 8.78 Å². The number of rotatable bonds is 3. The Balaban J connectivity index is 1.67. The van der Waals surface area contributed by atoms with Crippen LogP contribution >= 0.6 is 11.8 Å². The Kier molecular flexibility index (Phi) is 3.90. The fourth-order valence-corrected chi connectivity index (χ4v) is 3.93. The molecule has 0 spiro atoms. The molecule has 0 aliphatic carbocycles. The molecular formula is C18H13F2N3S. The largest absolute Gasteiger partial charge is 0.350 e. The minimum absolute atomic E-state index is 0.0943. The van der Waals surface area contributed by atoms with Gasteiger partial charge in [0.2, 0.25) is 0 Å². The number of aromatic nitrogens is 1. The molecule has 120 valence electrons. The highest BCUT2D eigenvalue weighted by atomic mass is 32.2. The van der Waals surface area contributed by atoms with Gasteiger partial charge in [-0.3, -0.25) is 0 Å². The van der Waals surface area contributed by atoms with Crippen LogP contribution in [0, 0.1) is 17.6 Å². The van der Waals surface area contributed by atoms with Gasteiger partial charge < -0.3 is 5.32 Å². The molecule has 24 heavy (non-hydrogen) atoms. The van der Waals surface area contributed by atoms with Crippen LogP contribution in [-0.2, 0) is 0 Å². The van der Waals surface area contributed by atoms with E-state index in [1.165, 1.54) is 23.9 Å². The Morgan fingerprint density at radius 3 is 2.67 bits per heavy atom. The maximum absolute atomic E-state index is 13.6. The number of allylic oxidation sites excluding steroid dienone is 1. The van der Waals surface area contributed by atoms with Crippen LogP contribution in [0.1, 0.15) is 11.5 Å². The number of hydrogen-bond donors (Lipinski definition) is 1. The molecule has 2 atom stereocenters. The second-order valence-electron chi connectivity index (χ2n) is 5.53. The number of fused-ring (bicyclic) bond motifs is 1. The van der Waals surface area contributed by atoms with E-state index in [0.29, 0.717) is 5.56 Å². The first-order valence-corrected chi connectivity index (χ1v) is 8.28. The summed E-state index contributed by atoms with van der Waals surface area (Å²) in [5.41, 5.74) is 0.595. The number of thioether (sulfide) groups is 1. The van der Waals surface area contributed by atoms with E-state index in [9.17, 15) is 8.78 Å². The Labute approximate surface area is 142 Å². The van der Waals surface area contributed by atoms with Crippen LogP contribution in [0.4, 0.5) is 8.78 Å². The lowest BCUT2D eigenvalue weighted by molar-refractivity contribution is 0.573. The molecule has 2 aromatic rings. The predicted octanol–water partition coefficient (Wildman–Crippen LogP) is 4.22. The zero-order chi connectivity index (χ0) is 16.5. The summed E-state index contributed by atoms with van der Waals surface area (Å²) in [7, 11) is 0. The van der Waals surface area contributed by atoms with Gasteiger partial charge in [0, 0.05) is 29.3 Å². The maximum Gasteiger partial charge on any atom is 0.126 e. The van der Waals surface area contributed by atoms with Gasteiger partial charge in [-0.15, -0.1) is 0 Å². The Bertz CT molecular complexity index is 842. The minimum Gasteiger partial charge on any atom is -0.350 e. The molecule has 0 saturated heterocycles. The van der Waals surface area contributed by atoms with Crippen molar-refractivity contribution >= 4 is 17.6 Å². The maximum atomic E-state index is 13.6. The zero-order valence-corrected chi connectivity index (χ0v) is 13.3. The number of aliphatic imine (C=N–C) groups is 1. The second-order valence-corrected chi connectivity index (χ2v) is 6.62. The second kappa shape index (κ2) is 6.20. The quantitative estimate of drug-likeness (QED) is 0.908. The molecule has 1 N–H and O–H groups in total. The normalized spacial score (nSPS) is 21.8. The molecule has 0 amide bonds. The van der Waals surface area contributed by atoms with Crippen LogP contribution in [0.2, 0.25) is 0 Å². The monoisotopic (exact) mass is 341 g/mol. The van der Waals surface area contributed by atoms with E-state index in [1.54, 1.807) is 18.6 Å². The Hall–Kier alpha value is -2.47. The van der Waals surface area contributed by atoms with Gasteiger partial charge in [-0.25, -0.2) is 18.8 Å². The lowest BCUT2D eigenvalue weighted by atomic mass is 9.83. The van der Waals surface area contributed by atoms with Crippen LogP contribution in [0.25, 0.3) is 0 Å². The zero-order valence-electron chi connectivity index (χ0n) is 12.5. The van der Waals surface area contributed by atoms with E-state index >= 15 is 0 Å². The van der Waals surface area contributed by atoms with Crippen LogP contribution < -0.4 is 5.32 Å². The summed E-state index contributed by atoms with van der Waals surface area (Å²) in [5.74, 6) is -0.637. The van der Waals surface area contributed by atoms with Crippen LogP contribution in [0.15, 0.2) is 76.0 Å². The van der Waals surface area contributed by atoms with E-state index < -0.39 is 11.6 Å². The van der Waals surface area contributed by atoms with Crippen LogP contribution in [-0.4, -0.2) is 10.8 Å². The number of nitrogens with zero attached hydrogens (tertiary/aromatic N) is 2. The van der Waals surface area contributed by atoms with Gasteiger partial charge in [0.15, 0.2) is 0 Å². The van der Waals surface area contributed by atoms with Crippen LogP contribution in [0.5, 0.6) is 0 Å². The van der Waals surface area contributed by atoms with Gasteiger partial charge in [-0.05, 0) is 36.0 Å². The molecule has 0 bridgehead atoms. The molecule has 4 rings (SSSR count). The molecule has 3 nitrogen and oxygen atoms in total. The average Bonchev–Trinajstić information content (AvgIpc) is 2.98. The molecule has 1 aromatic carbocycles. The van der Waals surface area contributed by atoms with E-state index in [-0.39, 0.29) is 11.8 Å². The van der Waals surface area contributed by atoms with Crippen molar-refractivity contribution in [2.75, 3.05) is 0 Å². The first-order chi connectivity index (χ1) is 11.7. The van der Waals surface area contributed by atoms with Crippen molar-refractivity contribution in [3.8, 4) is 0 Å². The van der Waals surface area contributed by atoms with Gasteiger partial charge in [0.05, 0.1) is 5.92 Å². The molecule has 0 fully saturated rings. The summed E-state index contributed by atoms with van der Waals surface area (Å²) in [5, 5.41) is 3.98. The van der Waals surface area contributed by atoms with Crippen molar-refractivity contribution in [3.05, 3.63) is 83.2 Å². The highest BCUT2D eigenvalue weighted by Gasteiger charge is 2.35. The summed E-state index contributed by atoms with van der Waals surface area (Å²) in [6.45, 7) is 0. The molecule has 2 unspecified atom stereocenters. The van der Waals surface area contributed by atoms with Crippen molar-refractivity contribution in [1.29, 1.82) is 0 Å². The average molecular weight is 341 g/mol. The predicted molar refractivity (Wildman–Crippen MR) is 90.5 cm³/mol. The Morgan fingerprint density at radius 1 is 1.08 bits per heavy atom. The number of pyridine rings is 1. The fraction of sp³-hybridized carbons (Fsp3) is 0.111. The summed E-state index contributed by atoms with van der Waals surface area (Å²) >= 11 is 1.52. The van der Waals surface area contributed by atoms with Crippen molar-refractivity contribution in [3.63, 3.8) is 0 Å². The SMILES string of the molecule is Fc1cc(F)cc(C2C=CNC3=NC=C(Sc4ccccn4)C32)c1. The molecule has 3 heterocycles. The van der Waals surface area contributed by atoms with Crippen molar-refractivity contribution in [1.82, 2.24) is 10.3 Å². The molecule has 2 aliphatic heterocycles.